The van der Waals surface area contributed by atoms with E-state index in [-0.39, 0.29) is 0 Å². The smallest absolute Gasteiger partial charge is 0.0540 e. The van der Waals surface area contributed by atoms with Crippen LogP contribution in [-0.2, 0) is 0 Å². The topological polar surface area (TPSA) is 0 Å². The maximum atomic E-state index is 5.94. The number of unbranched alkanes of at least 4 members (excludes halogenated alkanes) is 3. The van der Waals surface area contributed by atoms with Crippen molar-refractivity contribution in [2.75, 3.05) is 5.50 Å². The van der Waals surface area contributed by atoms with Crippen molar-refractivity contribution in [3.8, 4) is 0 Å². The van der Waals surface area contributed by atoms with Gasteiger partial charge in [-0.15, -0.1) is 11.6 Å². The van der Waals surface area contributed by atoms with Crippen LogP contribution in [0.4, 0.5) is 0 Å². The first-order chi connectivity index (χ1) is 6.86. The fourth-order valence-electron chi connectivity index (χ4n) is 2.53. The highest BCUT2D eigenvalue weighted by atomic mass is 35.5. The predicted octanol–water partition coefficient (Wildman–Crippen LogP) is 4.37. The summed E-state index contributed by atoms with van der Waals surface area (Å²) < 4.78 is 0. The van der Waals surface area contributed by atoms with E-state index in [4.69, 9.17) is 11.6 Å². The third-order valence-electron chi connectivity index (χ3n) is 3.65. The van der Waals surface area contributed by atoms with E-state index >= 15 is 0 Å². The molecule has 0 atom stereocenters. The van der Waals surface area contributed by atoms with E-state index in [0.717, 1.165) is 11.4 Å². The van der Waals surface area contributed by atoms with Crippen LogP contribution in [-0.4, -0.2) is 14.3 Å². The first-order valence-corrected chi connectivity index (χ1v) is 9.41. The Morgan fingerprint density at radius 2 is 1.86 bits per heavy atom. The van der Waals surface area contributed by atoms with Crippen LogP contribution in [0.3, 0.4) is 0 Å². The molecule has 0 aromatic rings. The summed E-state index contributed by atoms with van der Waals surface area (Å²) >= 11 is 5.94. The first kappa shape index (κ1) is 12.6. The van der Waals surface area contributed by atoms with Gasteiger partial charge in [-0.2, -0.15) is 0 Å². The van der Waals surface area contributed by atoms with Gasteiger partial charge in [-0.05, 0) is 5.92 Å². The molecule has 0 nitrogen and oxygen atoms in total. The Kier molecular flexibility index (Phi) is 6.97. The molecule has 84 valence electrons. The number of hydrogen-bond donors (Lipinski definition) is 0. The van der Waals surface area contributed by atoms with Crippen molar-refractivity contribution in [2.24, 2.45) is 5.92 Å². The Labute approximate surface area is 96.0 Å². The molecule has 0 bridgehead atoms. The standard InChI is InChI=1S/C12H25ClSi/c1-2-3-4-5-6-12-7-9-14(11-13)10-8-12/h12,14H,2-11H2,1H3/t12-,14-. The average molecular weight is 233 g/mol. The van der Waals surface area contributed by atoms with Gasteiger partial charge in [-0.25, -0.2) is 0 Å². The van der Waals surface area contributed by atoms with E-state index in [9.17, 15) is 0 Å². The van der Waals surface area contributed by atoms with Crippen molar-refractivity contribution in [1.29, 1.82) is 0 Å². The second-order valence-corrected chi connectivity index (χ2v) is 9.01. The molecule has 0 N–H and O–H groups in total. The first-order valence-electron chi connectivity index (χ1n) is 6.42. The quantitative estimate of drug-likeness (QED) is 0.363. The maximum absolute atomic E-state index is 5.94. The largest absolute Gasteiger partial charge is 0.131 e. The molecule has 1 fully saturated rings. The number of halogens is 1. The zero-order chi connectivity index (χ0) is 10.2. The molecule has 0 spiro atoms. The number of hydrogen-bond acceptors (Lipinski definition) is 0. The van der Waals surface area contributed by atoms with Crippen molar-refractivity contribution >= 4 is 20.4 Å². The molecule has 0 unspecified atom stereocenters. The normalized spacial score (nSPS) is 27.9. The number of rotatable bonds is 6. The van der Waals surface area contributed by atoms with Gasteiger partial charge >= 0.3 is 0 Å². The summed E-state index contributed by atoms with van der Waals surface area (Å²) in [6.45, 7) is 2.29. The summed E-state index contributed by atoms with van der Waals surface area (Å²) in [7, 11) is -0.426. The lowest BCUT2D eigenvalue weighted by molar-refractivity contribution is 0.415. The van der Waals surface area contributed by atoms with Crippen molar-refractivity contribution in [3.63, 3.8) is 0 Å². The summed E-state index contributed by atoms with van der Waals surface area (Å²) in [5, 5.41) is 0. The van der Waals surface area contributed by atoms with Crippen LogP contribution in [0, 0.1) is 5.92 Å². The third-order valence-corrected chi connectivity index (χ3v) is 7.70. The summed E-state index contributed by atoms with van der Waals surface area (Å²) in [5.74, 6) is 1.07. The van der Waals surface area contributed by atoms with Gasteiger partial charge in [0.15, 0.2) is 0 Å². The molecule has 2 heteroatoms. The lowest BCUT2D eigenvalue weighted by Gasteiger charge is -2.26. The monoisotopic (exact) mass is 232 g/mol. The van der Waals surface area contributed by atoms with Gasteiger partial charge in [0, 0.05) is 5.50 Å². The highest BCUT2D eigenvalue weighted by Crippen LogP contribution is 2.29. The number of alkyl halides is 1. The van der Waals surface area contributed by atoms with Crippen LogP contribution >= 0.6 is 11.6 Å². The molecule has 14 heavy (non-hydrogen) atoms. The molecule has 0 radical (unpaired) electrons. The minimum absolute atomic E-state index is 0.426. The van der Waals surface area contributed by atoms with Crippen molar-refractivity contribution in [2.45, 2.75) is 64.0 Å². The summed E-state index contributed by atoms with van der Waals surface area (Å²) in [6.07, 6.45) is 10.3. The molecule has 1 aliphatic rings. The van der Waals surface area contributed by atoms with Gasteiger partial charge in [0.2, 0.25) is 0 Å². The van der Waals surface area contributed by atoms with Crippen LogP contribution in [0.5, 0.6) is 0 Å². The Morgan fingerprint density at radius 3 is 2.43 bits per heavy atom. The fraction of sp³-hybridized carbons (Fsp3) is 1.00. The second-order valence-electron chi connectivity index (χ2n) is 4.89. The Morgan fingerprint density at radius 1 is 1.14 bits per heavy atom. The van der Waals surface area contributed by atoms with Crippen LogP contribution in [0.2, 0.25) is 12.1 Å². The zero-order valence-electron chi connectivity index (χ0n) is 9.60. The van der Waals surface area contributed by atoms with Crippen molar-refractivity contribution in [3.05, 3.63) is 0 Å². The molecule has 1 rings (SSSR count). The van der Waals surface area contributed by atoms with E-state index in [1.54, 1.807) is 0 Å². The predicted molar refractivity (Wildman–Crippen MR) is 69.0 cm³/mol. The molecule has 0 amide bonds. The van der Waals surface area contributed by atoms with Crippen LogP contribution in [0.15, 0.2) is 0 Å². The van der Waals surface area contributed by atoms with E-state index in [0.29, 0.717) is 0 Å². The summed E-state index contributed by atoms with van der Waals surface area (Å²) in [5.41, 5.74) is 1.03. The molecular weight excluding hydrogens is 208 g/mol. The SMILES string of the molecule is CCCCCC[C@H]1CC[Si@H](CCl)CC1. The summed E-state index contributed by atoms with van der Waals surface area (Å²) in [6, 6.07) is 3.06. The van der Waals surface area contributed by atoms with Gasteiger partial charge in [0.05, 0.1) is 8.80 Å². The highest BCUT2D eigenvalue weighted by molar-refractivity contribution is 6.67. The van der Waals surface area contributed by atoms with E-state index in [1.165, 1.54) is 57.0 Å². The van der Waals surface area contributed by atoms with Gasteiger partial charge in [-0.1, -0.05) is 64.0 Å². The van der Waals surface area contributed by atoms with E-state index in [1.807, 2.05) is 0 Å². The second kappa shape index (κ2) is 7.75. The Bertz CT molecular complexity index is 130. The highest BCUT2D eigenvalue weighted by Gasteiger charge is 2.20. The van der Waals surface area contributed by atoms with Crippen LogP contribution < -0.4 is 0 Å². The zero-order valence-corrected chi connectivity index (χ0v) is 11.5. The molecule has 0 aromatic heterocycles. The van der Waals surface area contributed by atoms with Crippen LogP contribution in [0.25, 0.3) is 0 Å². The van der Waals surface area contributed by atoms with E-state index < -0.39 is 8.80 Å². The van der Waals surface area contributed by atoms with Gasteiger partial charge in [0.25, 0.3) is 0 Å². The van der Waals surface area contributed by atoms with E-state index in [2.05, 4.69) is 6.92 Å². The molecule has 0 aliphatic carbocycles. The summed E-state index contributed by atoms with van der Waals surface area (Å²) in [4.78, 5) is 0. The molecular formula is C12H25ClSi. The van der Waals surface area contributed by atoms with Crippen LogP contribution in [0.1, 0.15) is 51.9 Å². The lowest BCUT2D eigenvalue weighted by Crippen LogP contribution is -2.23. The minimum Gasteiger partial charge on any atom is -0.131 e. The molecule has 1 aliphatic heterocycles. The maximum Gasteiger partial charge on any atom is 0.0540 e. The van der Waals surface area contributed by atoms with Gasteiger partial charge < -0.3 is 0 Å². The molecule has 1 heterocycles. The third kappa shape index (κ3) is 4.84. The Balaban J connectivity index is 1.98. The average Bonchev–Trinajstić information content (AvgIpc) is 2.25. The van der Waals surface area contributed by atoms with Gasteiger partial charge in [0.1, 0.15) is 0 Å². The Hall–Kier alpha value is 0.507. The minimum atomic E-state index is -0.426. The fourth-order valence-corrected chi connectivity index (χ4v) is 5.94. The van der Waals surface area contributed by atoms with Crippen molar-refractivity contribution < 1.29 is 0 Å². The molecule has 0 saturated carbocycles. The van der Waals surface area contributed by atoms with Crippen molar-refractivity contribution in [1.82, 2.24) is 0 Å². The molecule has 1 saturated heterocycles. The molecule has 0 aromatic carbocycles. The van der Waals surface area contributed by atoms with Gasteiger partial charge in [-0.3, -0.25) is 0 Å². The lowest BCUT2D eigenvalue weighted by atomic mass is 9.95.